The highest BCUT2D eigenvalue weighted by Crippen LogP contribution is 2.46. The maximum Gasteiger partial charge on any atom is 0.306 e. The molecule has 4 nitrogen and oxygen atoms in total. The van der Waals surface area contributed by atoms with Crippen molar-refractivity contribution in [2.24, 2.45) is 0 Å². The molecule has 25 heavy (non-hydrogen) atoms. The Morgan fingerprint density at radius 1 is 1.12 bits per heavy atom. The van der Waals surface area contributed by atoms with Gasteiger partial charge in [-0.3, -0.25) is 9.59 Å². The van der Waals surface area contributed by atoms with Gasteiger partial charge in [0.15, 0.2) is 0 Å². The van der Waals surface area contributed by atoms with Crippen LogP contribution in [0.4, 0.5) is 5.69 Å². The van der Waals surface area contributed by atoms with Gasteiger partial charge in [-0.15, -0.1) is 0 Å². The fourth-order valence-corrected chi connectivity index (χ4v) is 3.19. The van der Waals surface area contributed by atoms with Crippen molar-refractivity contribution in [1.82, 2.24) is 0 Å². The predicted octanol–water partition coefficient (Wildman–Crippen LogP) is 4.16. The van der Waals surface area contributed by atoms with Crippen LogP contribution in [0, 0.1) is 0 Å². The van der Waals surface area contributed by atoms with Gasteiger partial charge in [-0.1, -0.05) is 41.5 Å². The molecule has 0 bridgehead atoms. The molecule has 0 spiro atoms. The lowest BCUT2D eigenvalue weighted by Crippen LogP contribution is -2.42. The van der Waals surface area contributed by atoms with E-state index in [0.717, 1.165) is 22.4 Å². The number of methoxy groups -OCH3 is 1. The second-order valence-electron chi connectivity index (χ2n) is 7.03. The molecule has 0 N–H and O–H groups in total. The quantitative estimate of drug-likeness (QED) is 0.577. The topological polar surface area (TPSA) is 46.6 Å². The zero-order valence-corrected chi connectivity index (χ0v) is 15.8. The van der Waals surface area contributed by atoms with E-state index in [1.165, 1.54) is 7.11 Å². The number of rotatable bonds is 6. The molecule has 0 aromatic heterocycles. The Bertz CT molecular complexity index is 724. The van der Waals surface area contributed by atoms with E-state index in [1.54, 1.807) is 4.90 Å². The van der Waals surface area contributed by atoms with Crippen LogP contribution >= 0.6 is 0 Å². The van der Waals surface area contributed by atoms with E-state index in [4.69, 9.17) is 4.74 Å². The highest BCUT2D eigenvalue weighted by atomic mass is 16.5. The van der Waals surface area contributed by atoms with E-state index >= 15 is 0 Å². The number of carbonyl (C=O) groups is 2. The predicted molar refractivity (Wildman–Crippen MR) is 101 cm³/mol. The molecule has 134 valence electrons. The molecule has 0 saturated heterocycles. The number of nitrogens with zero attached hydrogens (tertiary/aromatic N) is 1. The third kappa shape index (κ3) is 3.84. The minimum Gasteiger partial charge on any atom is -0.469 e. The number of benzene rings is 1. The molecule has 1 heterocycles. The molecule has 4 heteroatoms. The number of para-hydroxylation sites is 1. The summed E-state index contributed by atoms with van der Waals surface area (Å²) in [6, 6.07) is 7.76. The highest BCUT2D eigenvalue weighted by Gasteiger charge is 2.51. The van der Waals surface area contributed by atoms with Crippen LogP contribution in [0.2, 0.25) is 0 Å². The van der Waals surface area contributed by atoms with Crippen molar-refractivity contribution in [1.29, 1.82) is 0 Å². The van der Waals surface area contributed by atoms with Crippen LogP contribution in [0.3, 0.4) is 0 Å². The first-order chi connectivity index (χ1) is 11.8. The molecule has 2 rings (SSSR count). The van der Waals surface area contributed by atoms with Crippen LogP contribution in [-0.4, -0.2) is 25.5 Å². The smallest absolute Gasteiger partial charge is 0.306 e. The zero-order chi connectivity index (χ0) is 18.6. The number of hydrogen-bond donors (Lipinski definition) is 0. The van der Waals surface area contributed by atoms with Crippen molar-refractivity contribution < 1.29 is 14.3 Å². The van der Waals surface area contributed by atoms with Gasteiger partial charge in [0.2, 0.25) is 5.91 Å². The summed E-state index contributed by atoms with van der Waals surface area (Å²) in [5.74, 6) is -0.400. The van der Waals surface area contributed by atoms with Crippen LogP contribution in [0.25, 0.3) is 0 Å². The Balaban J connectivity index is 2.57. The number of ether oxygens (including phenoxy) is 1. The van der Waals surface area contributed by atoms with Gasteiger partial charge in [-0.2, -0.15) is 0 Å². The van der Waals surface area contributed by atoms with E-state index in [-0.39, 0.29) is 18.3 Å². The number of allylic oxidation sites excluding steroid dienone is 3. The Labute approximate surface area is 150 Å². The third-order valence-corrected chi connectivity index (χ3v) is 4.58. The minimum absolute atomic E-state index is 0.0332. The molecule has 1 unspecified atom stereocenters. The molecule has 0 aliphatic carbocycles. The second-order valence-corrected chi connectivity index (χ2v) is 7.03. The van der Waals surface area contributed by atoms with Gasteiger partial charge in [-0.25, -0.2) is 0 Å². The molecule has 1 aromatic rings. The minimum atomic E-state index is -0.892. The number of hydrogen-bond acceptors (Lipinski definition) is 3. The number of fused-ring (bicyclic) bond motifs is 1. The summed E-state index contributed by atoms with van der Waals surface area (Å²) in [5.41, 5.74) is 3.18. The van der Waals surface area contributed by atoms with E-state index in [9.17, 15) is 9.59 Å². The normalized spacial score (nSPS) is 18.6. The van der Waals surface area contributed by atoms with Gasteiger partial charge in [0.05, 0.1) is 18.9 Å². The van der Waals surface area contributed by atoms with Crippen molar-refractivity contribution in [3.05, 3.63) is 53.1 Å². The molecule has 1 aliphatic heterocycles. The Hall–Kier alpha value is -2.36. The lowest BCUT2D eigenvalue weighted by molar-refractivity contribution is -0.144. The van der Waals surface area contributed by atoms with Crippen LogP contribution in [0.1, 0.15) is 46.1 Å². The summed E-state index contributed by atoms with van der Waals surface area (Å²) in [5, 5.41) is 0. The summed E-state index contributed by atoms with van der Waals surface area (Å²) in [6.45, 7) is 8.53. The van der Waals surface area contributed by atoms with Gasteiger partial charge in [0.25, 0.3) is 0 Å². The second kappa shape index (κ2) is 7.68. The molecular formula is C21H27NO3. The van der Waals surface area contributed by atoms with Crippen LogP contribution in [0.15, 0.2) is 47.6 Å². The first kappa shape index (κ1) is 19.0. The first-order valence-corrected chi connectivity index (χ1v) is 8.57. The molecule has 1 aliphatic rings. The van der Waals surface area contributed by atoms with E-state index in [0.29, 0.717) is 13.0 Å². The molecule has 0 radical (unpaired) electrons. The maximum atomic E-state index is 13.4. The van der Waals surface area contributed by atoms with E-state index in [2.05, 4.69) is 0 Å². The van der Waals surface area contributed by atoms with Crippen molar-refractivity contribution >= 4 is 17.6 Å². The Morgan fingerprint density at radius 3 is 2.36 bits per heavy atom. The van der Waals surface area contributed by atoms with Crippen LogP contribution < -0.4 is 4.90 Å². The summed E-state index contributed by atoms with van der Waals surface area (Å²) in [7, 11) is 1.36. The van der Waals surface area contributed by atoms with E-state index in [1.807, 2.05) is 64.1 Å². The lowest BCUT2D eigenvalue weighted by Gasteiger charge is -2.27. The Kier molecular flexibility index (Phi) is 5.83. The number of anilines is 1. The zero-order valence-electron chi connectivity index (χ0n) is 15.8. The number of carbonyl (C=O) groups excluding carboxylic acids is 2. The highest BCUT2D eigenvalue weighted by molar-refractivity contribution is 6.10. The maximum absolute atomic E-state index is 13.4. The van der Waals surface area contributed by atoms with Crippen molar-refractivity contribution in [2.75, 3.05) is 18.6 Å². The van der Waals surface area contributed by atoms with Crippen LogP contribution in [0.5, 0.6) is 0 Å². The van der Waals surface area contributed by atoms with Gasteiger partial charge in [-0.05, 0) is 45.7 Å². The van der Waals surface area contributed by atoms with Gasteiger partial charge in [0.1, 0.15) is 0 Å². The molecule has 0 saturated carbocycles. The van der Waals surface area contributed by atoms with Crippen LogP contribution in [-0.2, 0) is 19.7 Å². The van der Waals surface area contributed by atoms with Gasteiger partial charge < -0.3 is 9.64 Å². The summed E-state index contributed by atoms with van der Waals surface area (Å²) in [4.78, 5) is 27.3. The van der Waals surface area contributed by atoms with Crippen molar-refractivity contribution in [3.8, 4) is 0 Å². The summed E-state index contributed by atoms with van der Waals surface area (Å²) in [6.07, 6.45) is 4.60. The molecule has 1 aromatic carbocycles. The molecular weight excluding hydrogens is 314 g/mol. The monoisotopic (exact) mass is 341 g/mol. The average Bonchev–Trinajstić information content (AvgIpc) is 2.80. The molecule has 0 fully saturated rings. The number of amides is 1. The van der Waals surface area contributed by atoms with Crippen molar-refractivity contribution in [2.45, 2.75) is 46.0 Å². The van der Waals surface area contributed by atoms with E-state index < -0.39 is 5.41 Å². The Morgan fingerprint density at radius 2 is 1.76 bits per heavy atom. The van der Waals surface area contributed by atoms with Gasteiger partial charge >= 0.3 is 5.97 Å². The third-order valence-electron chi connectivity index (χ3n) is 4.58. The summed E-state index contributed by atoms with van der Waals surface area (Å²) < 4.78 is 4.90. The molecule has 1 atom stereocenters. The number of esters is 1. The lowest BCUT2D eigenvalue weighted by atomic mass is 9.75. The standard InChI is InChI=1S/C21H27NO3/c1-15(2)10-12-21(14-19(23)25-5)17-8-6-7-9-18(17)22(20(21)24)13-11-16(3)4/h6-11H,12-14H2,1-5H3. The molecule has 1 amide bonds. The first-order valence-electron chi connectivity index (χ1n) is 8.57. The summed E-state index contributed by atoms with van der Waals surface area (Å²) >= 11 is 0. The fraction of sp³-hybridized carbons (Fsp3) is 0.429. The van der Waals surface area contributed by atoms with Gasteiger partial charge in [0, 0.05) is 12.2 Å². The van der Waals surface area contributed by atoms with Crippen molar-refractivity contribution in [3.63, 3.8) is 0 Å². The SMILES string of the molecule is COC(=O)CC1(CC=C(C)C)C(=O)N(CC=C(C)C)c2ccccc21. The largest absolute Gasteiger partial charge is 0.469 e. The fourth-order valence-electron chi connectivity index (χ4n) is 3.19. The average molecular weight is 341 g/mol.